The van der Waals surface area contributed by atoms with Crippen LogP contribution in [-0.4, -0.2) is 18.4 Å². The average Bonchev–Trinajstić information content (AvgIpc) is 2.57. The lowest BCUT2D eigenvalue weighted by molar-refractivity contribution is -0.132. The summed E-state index contributed by atoms with van der Waals surface area (Å²) in [6.45, 7) is 8.66. The van der Waals surface area contributed by atoms with Gasteiger partial charge in [0.1, 0.15) is 5.75 Å². The SMILES string of the molecule is CCOc1ccc(NC(=O)C(=O)Nc2ccc(C(C)(C)C)cc2)cc1Cl. The summed E-state index contributed by atoms with van der Waals surface area (Å²) in [4.78, 5) is 24.1. The first-order valence-corrected chi connectivity index (χ1v) is 8.73. The van der Waals surface area contributed by atoms with Gasteiger partial charge in [0.15, 0.2) is 0 Å². The number of nitrogens with one attached hydrogen (secondary N) is 2. The zero-order valence-electron chi connectivity index (χ0n) is 15.4. The molecule has 2 amide bonds. The van der Waals surface area contributed by atoms with Gasteiger partial charge in [-0.3, -0.25) is 9.59 Å². The number of amides is 2. The van der Waals surface area contributed by atoms with Gasteiger partial charge < -0.3 is 15.4 Å². The maximum atomic E-state index is 12.1. The van der Waals surface area contributed by atoms with Crippen LogP contribution in [0, 0.1) is 0 Å². The Kier molecular flexibility index (Phi) is 6.27. The standard InChI is InChI=1S/C20H23ClN2O3/c1-5-26-17-11-10-15(12-16(17)21)23-19(25)18(24)22-14-8-6-13(7-9-14)20(2,3)4/h6-12H,5H2,1-4H3,(H,22,24)(H,23,25). The monoisotopic (exact) mass is 374 g/mol. The minimum atomic E-state index is -0.773. The lowest BCUT2D eigenvalue weighted by Gasteiger charge is -2.19. The first-order chi connectivity index (χ1) is 12.2. The van der Waals surface area contributed by atoms with Crippen LogP contribution >= 0.6 is 11.6 Å². The molecule has 0 saturated carbocycles. The van der Waals surface area contributed by atoms with Crippen molar-refractivity contribution in [2.24, 2.45) is 0 Å². The van der Waals surface area contributed by atoms with Crippen LogP contribution in [0.2, 0.25) is 5.02 Å². The average molecular weight is 375 g/mol. The van der Waals surface area contributed by atoms with Gasteiger partial charge in [-0.25, -0.2) is 0 Å². The molecule has 0 atom stereocenters. The number of carbonyl (C=O) groups is 2. The molecule has 26 heavy (non-hydrogen) atoms. The fourth-order valence-electron chi connectivity index (χ4n) is 2.28. The Balaban J connectivity index is 1.99. The van der Waals surface area contributed by atoms with Crippen molar-refractivity contribution in [3.05, 3.63) is 53.1 Å². The number of carbonyl (C=O) groups excluding carboxylic acids is 2. The van der Waals surface area contributed by atoms with Gasteiger partial charge in [-0.15, -0.1) is 0 Å². The third-order valence-electron chi connectivity index (χ3n) is 3.70. The highest BCUT2D eigenvalue weighted by atomic mass is 35.5. The van der Waals surface area contributed by atoms with E-state index < -0.39 is 11.8 Å². The molecule has 0 fully saturated rings. The fraction of sp³-hybridized carbons (Fsp3) is 0.300. The minimum Gasteiger partial charge on any atom is -0.492 e. The van der Waals surface area contributed by atoms with Gasteiger partial charge in [-0.2, -0.15) is 0 Å². The molecule has 0 aliphatic rings. The summed E-state index contributed by atoms with van der Waals surface area (Å²) in [6, 6.07) is 12.2. The van der Waals surface area contributed by atoms with Crippen molar-refractivity contribution in [2.45, 2.75) is 33.1 Å². The van der Waals surface area contributed by atoms with Gasteiger partial charge in [0, 0.05) is 11.4 Å². The second kappa shape index (κ2) is 8.23. The van der Waals surface area contributed by atoms with Crippen LogP contribution in [0.1, 0.15) is 33.3 Å². The molecule has 5 nitrogen and oxygen atoms in total. The first kappa shape index (κ1) is 19.8. The maximum absolute atomic E-state index is 12.1. The molecule has 2 rings (SSSR count). The van der Waals surface area contributed by atoms with Gasteiger partial charge in [0.25, 0.3) is 0 Å². The second-order valence-corrected chi connectivity index (χ2v) is 7.22. The van der Waals surface area contributed by atoms with Gasteiger partial charge in [-0.05, 0) is 48.2 Å². The summed E-state index contributed by atoms with van der Waals surface area (Å²) in [6.07, 6.45) is 0. The number of anilines is 2. The van der Waals surface area contributed by atoms with Gasteiger partial charge in [0.05, 0.1) is 11.6 Å². The van der Waals surface area contributed by atoms with Gasteiger partial charge in [0.2, 0.25) is 0 Å². The molecule has 138 valence electrons. The highest BCUT2D eigenvalue weighted by Crippen LogP contribution is 2.27. The van der Waals surface area contributed by atoms with Crippen molar-refractivity contribution < 1.29 is 14.3 Å². The molecule has 0 bridgehead atoms. The summed E-state index contributed by atoms with van der Waals surface area (Å²) in [5.74, 6) is -1.00. The molecular formula is C20H23ClN2O3. The molecule has 0 aliphatic carbocycles. The number of hydrogen-bond donors (Lipinski definition) is 2. The molecule has 2 N–H and O–H groups in total. The van der Waals surface area contributed by atoms with E-state index in [4.69, 9.17) is 16.3 Å². The zero-order valence-corrected chi connectivity index (χ0v) is 16.1. The van der Waals surface area contributed by atoms with E-state index in [-0.39, 0.29) is 5.41 Å². The summed E-state index contributed by atoms with van der Waals surface area (Å²) in [5.41, 5.74) is 2.14. The van der Waals surface area contributed by atoms with E-state index in [1.54, 1.807) is 24.3 Å². The molecule has 0 saturated heterocycles. The first-order valence-electron chi connectivity index (χ1n) is 8.36. The van der Waals surface area contributed by atoms with E-state index in [2.05, 4.69) is 31.4 Å². The Morgan fingerprint density at radius 2 is 1.50 bits per heavy atom. The summed E-state index contributed by atoms with van der Waals surface area (Å²) in [5, 5.41) is 5.46. The topological polar surface area (TPSA) is 67.4 Å². The van der Waals surface area contributed by atoms with Crippen LogP contribution in [0.3, 0.4) is 0 Å². The molecule has 0 aromatic heterocycles. The fourth-order valence-corrected chi connectivity index (χ4v) is 2.52. The van der Waals surface area contributed by atoms with Gasteiger partial charge >= 0.3 is 11.8 Å². The Morgan fingerprint density at radius 1 is 0.962 bits per heavy atom. The molecule has 0 unspecified atom stereocenters. The lowest BCUT2D eigenvalue weighted by atomic mass is 9.87. The summed E-state index contributed by atoms with van der Waals surface area (Å²) < 4.78 is 5.33. The molecule has 2 aromatic carbocycles. The molecule has 0 radical (unpaired) electrons. The number of rotatable bonds is 4. The van der Waals surface area contributed by atoms with Crippen molar-refractivity contribution in [1.29, 1.82) is 0 Å². The minimum absolute atomic E-state index is 0.0207. The number of halogens is 1. The Labute approximate surface area is 158 Å². The largest absolute Gasteiger partial charge is 0.492 e. The predicted octanol–water partition coefficient (Wildman–Crippen LogP) is 4.61. The van der Waals surface area contributed by atoms with Gasteiger partial charge in [-0.1, -0.05) is 44.5 Å². The molecular weight excluding hydrogens is 352 g/mol. The highest BCUT2D eigenvalue weighted by Gasteiger charge is 2.16. The van der Waals surface area contributed by atoms with Crippen LogP contribution < -0.4 is 15.4 Å². The van der Waals surface area contributed by atoms with E-state index in [0.717, 1.165) is 5.56 Å². The highest BCUT2D eigenvalue weighted by molar-refractivity contribution is 6.43. The van der Waals surface area contributed by atoms with Crippen molar-refractivity contribution in [1.82, 2.24) is 0 Å². The van der Waals surface area contributed by atoms with Crippen molar-refractivity contribution in [2.75, 3.05) is 17.2 Å². The second-order valence-electron chi connectivity index (χ2n) is 6.81. The molecule has 0 aliphatic heterocycles. The summed E-state index contributed by atoms with van der Waals surface area (Å²) in [7, 11) is 0. The Bertz CT molecular complexity index is 796. The Hall–Kier alpha value is -2.53. The molecule has 6 heteroatoms. The zero-order chi connectivity index (χ0) is 19.3. The third-order valence-corrected chi connectivity index (χ3v) is 4.00. The number of hydrogen-bond acceptors (Lipinski definition) is 3. The predicted molar refractivity (Wildman–Crippen MR) is 105 cm³/mol. The smallest absolute Gasteiger partial charge is 0.314 e. The normalized spacial score (nSPS) is 11.0. The molecule has 0 spiro atoms. The van der Waals surface area contributed by atoms with E-state index in [1.165, 1.54) is 6.07 Å². The van der Waals surface area contributed by atoms with Crippen LogP contribution in [-0.2, 0) is 15.0 Å². The Morgan fingerprint density at radius 3 is 2.00 bits per heavy atom. The lowest BCUT2D eigenvalue weighted by Crippen LogP contribution is -2.29. The van der Waals surface area contributed by atoms with Crippen molar-refractivity contribution in [3.63, 3.8) is 0 Å². The van der Waals surface area contributed by atoms with E-state index in [9.17, 15) is 9.59 Å². The van der Waals surface area contributed by atoms with Crippen LogP contribution in [0.15, 0.2) is 42.5 Å². The van der Waals surface area contributed by atoms with E-state index in [0.29, 0.717) is 28.8 Å². The number of benzene rings is 2. The summed E-state index contributed by atoms with van der Waals surface area (Å²) >= 11 is 6.08. The van der Waals surface area contributed by atoms with Crippen LogP contribution in [0.4, 0.5) is 11.4 Å². The maximum Gasteiger partial charge on any atom is 0.314 e. The van der Waals surface area contributed by atoms with Crippen LogP contribution in [0.5, 0.6) is 5.75 Å². The third kappa shape index (κ3) is 5.23. The molecule has 2 aromatic rings. The van der Waals surface area contributed by atoms with Crippen molar-refractivity contribution in [3.8, 4) is 5.75 Å². The number of ether oxygens (including phenoxy) is 1. The van der Waals surface area contributed by atoms with Crippen molar-refractivity contribution >= 4 is 34.8 Å². The quantitative estimate of drug-likeness (QED) is 0.767. The molecule has 0 heterocycles. The van der Waals surface area contributed by atoms with E-state index >= 15 is 0 Å². The van der Waals surface area contributed by atoms with Crippen LogP contribution in [0.25, 0.3) is 0 Å². The van der Waals surface area contributed by atoms with E-state index in [1.807, 2.05) is 19.1 Å².